The van der Waals surface area contributed by atoms with Crippen LogP contribution in [0.4, 0.5) is 0 Å². The van der Waals surface area contributed by atoms with Crippen molar-refractivity contribution in [2.24, 2.45) is 0 Å². The van der Waals surface area contributed by atoms with Gasteiger partial charge in [-0.15, -0.1) is 0 Å². The van der Waals surface area contributed by atoms with Crippen LogP contribution in [0.25, 0.3) is 0 Å². The van der Waals surface area contributed by atoms with E-state index in [0.29, 0.717) is 0 Å². The molecule has 0 radical (unpaired) electrons. The van der Waals surface area contributed by atoms with Gasteiger partial charge in [0.05, 0.1) is 13.2 Å². The van der Waals surface area contributed by atoms with Crippen molar-refractivity contribution in [3.05, 3.63) is 48.6 Å². The van der Waals surface area contributed by atoms with Crippen molar-refractivity contribution in [3.8, 4) is 0 Å². The molecule has 0 fully saturated rings. The number of hydrogen-bond acceptors (Lipinski definition) is 10. The summed E-state index contributed by atoms with van der Waals surface area (Å²) in [6.45, 7) is 15.1. The van der Waals surface area contributed by atoms with Gasteiger partial charge in [-0.2, -0.15) is 0 Å². The van der Waals surface area contributed by atoms with E-state index >= 15 is 0 Å². The summed E-state index contributed by atoms with van der Waals surface area (Å²) in [4.78, 5) is 48.9. The first-order valence-corrected chi connectivity index (χ1v) is 8.89. The van der Waals surface area contributed by atoms with E-state index in [1.165, 1.54) is 27.7 Å². The summed E-state index contributed by atoms with van der Waals surface area (Å²) >= 11 is 0. The molecule has 0 heterocycles. The number of aliphatic hydroxyl groups excluding tert-OH is 2. The molecule has 0 saturated heterocycles. The van der Waals surface area contributed by atoms with Gasteiger partial charge >= 0.3 is 29.7 Å². The predicted octanol–water partition coefficient (Wildman–Crippen LogP) is 0.883. The van der Waals surface area contributed by atoms with Crippen molar-refractivity contribution in [2.45, 2.75) is 39.1 Å². The summed E-state index contributed by atoms with van der Waals surface area (Å²) in [5.74, 6) is -7.29. The van der Waals surface area contributed by atoms with Crippen LogP contribution in [0.3, 0.4) is 0 Å². The Morgan fingerprint density at radius 2 is 0.968 bits per heavy atom. The second-order valence-corrected chi connectivity index (χ2v) is 6.93. The number of rotatable bonds is 12. The Labute approximate surface area is 180 Å². The average Bonchev–Trinajstić information content (AvgIpc) is 2.68. The quantitative estimate of drug-likeness (QED) is 0.194. The summed E-state index contributed by atoms with van der Waals surface area (Å²) in [5, 5.41) is 20.1. The van der Waals surface area contributed by atoms with Gasteiger partial charge < -0.3 is 29.2 Å². The number of hydrogen-bond donors (Lipinski definition) is 2. The zero-order valence-corrected chi connectivity index (χ0v) is 18.1. The summed E-state index contributed by atoms with van der Waals surface area (Å²) in [6.07, 6.45) is 0. The molecule has 0 aliphatic rings. The van der Waals surface area contributed by atoms with Crippen LogP contribution in [0.15, 0.2) is 48.6 Å². The molecular weight excluding hydrogens is 412 g/mol. The van der Waals surface area contributed by atoms with Crippen molar-refractivity contribution in [1.82, 2.24) is 0 Å². The van der Waals surface area contributed by atoms with Gasteiger partial charge in [0.25, 0.3) is 0 Å². The van der Waals surface area contributed by atoms with Gasteiger partial charge in [0, 0.05) is 22.3 Å². The van der Waals surface area contributed by atoms with Crippen LogP contribution in [0.2, 0.25) is 0 Å². The Morgan fingerprint density at radius 1 is 0.645 bits per heavy atom. The highest BCUT2D eigenvalue weighted by molar-refractivity contribution is 5.90. The Kier molecular flexibility index (Phi) is 10.1. The molecule has 10 heteroatoms. The molecule has 31 heavy (non-hydrogen) atoms. The number of ether oxygens (including phenoxy) is 4. The fourth-order valence-corrected chi connectivity index (χ4v) is 1.85. The van der Waals surface area contributed by atoms with E-state index in [0.717, 1.165) is 0 Å². The molecule has 0 saturated carbocycles. The van der Waals surface area contributed by atoms with Crippen molar-refractivity contribution < 1.29 is 48.3 Å². The van der Waals surface area contributed by atoms with E-state index < -0.39 is 55.1 Å². The number of carbonyl (C=O) groups excluding carboxylic acids is 4. The summed E-state index contributed by atoms with van der Waals surface area (Å²) in [6, 6.07) is 0. The highest BCUT2D eigenvalue weighted by Crippen LogP contribution is 2.35. The molecule has 0 atom stereocenters. The van der Waals surface area contributed by atoms with Crippen molar-refractivity contribution in [3.63, 3.8) is 0 Å². The maximum absolute atomic E-state index is 12.4. The van der Waals surface area contributed by atoms with Crippen LogP contribution in [0.1, 0.15) is 27.7 Å². The molecule has 10 nitrogen and oxygen atoms in total. The second-order valence-electron chi connectivity index (χ2n) is 6.93. The Morgan fingerprint density at radius 3 is 1.26 bits per heavy atom. The average molecular weight is 440 g/mol. The molecule has 0 amide bonds. The first-order chi connectivity index (χ1) is 14.2. The smallest absolute Gasteiger partial charge is 0.336 e. The molecule has 2 N–H and O–H groups in total. The summed E-state index contributed by atoms with van der Waals surface area (Å²) in [7, 11) is 0. The lowest BCUT2D eigenvalue weighted by atomic mass is 9.93. The highest BCUT2D eigenvalue weighted by atomic mass is 16.8. The molecule has 172 valence electrons. The summed E-state index contributed by atoms with van der Waals surface area (Å²) in [5.41, 5.74) is -3.20. The van der Waals surface area contributed by atoms with Crippen LogP contribution in [0.5, 0.6) is 0 Å². The molecule has 0 aromatic carbocycles. The van der Waals surface area contributed by atoms with E-state index in [1.807, 2.05) is 0 Å². The number of esters is 4. The van der Waals surface area contributed by atoms with Crippen LogP contribution in [0, 0.1) is 0 Å². The monoisotopic (exact) mass is 440 g/mol. The third-order valence-corrected chi connectivity index (χ3v) is 3.80. The third kappa shape index (κ3) is 6.90. The van der Waals surface area contributed by atoms with E-state index in [9.17, 15) is 29.4 Å². The first-order valence-electron chi connectivity index (χ1n) is 8.89. The van der Waals surface area contributed by atoms with E-state index in [-0.39, 0.29) is 22.3 Å². The van der Waals surface area contributed by atoms with Gasteiger partial charge in [0.15, 0.2) is 6.61 Å². The molecule has 0 aliphatic heterocycles. The van der Waals surface area contributed by atoms with Crippen LogP contribution in [-0.4, -0.2) is 65.3 Å². The minimum atomic E-state index is -2.83. The molecule has 0 spiro atoms. The minimum absolute atomic E-state index is 0.0658. The van der Waals surface area contributed by atoms with Gasteiger partial charge in [-0.05, 0) is 27.7 Å². The van der Waals surface area contributed by atoms with Gasteiger partial charge in [-0.1, -0.05) is 26.3 Å². The fraction of sp³-hybridized carbons (Fsp3) is 0.429. The lowest BCUT2D eigenvalue weighted by molar-refractivity contribution is -0.319. The maximum Gasteiger partial charge on any atom is 0.336 e. The van der Waals surface area contributed by atoms with Gasteiger partial charge in [0.2, 0.25) is 5.60 Å². The maximum atomic E-state index is 12.4. The fourth-order valence-electron chi connectivity index (χ4n) is 1.85. The summed E-state index contributed by atoms with van der Waals surface area (Å²) < 4.78 is 20.6. The SMILES string of the molecule is C=C(C)C(=O)OCC(OC(=O)C(=C)C)(OC(=O)C(=C)C)C(CO)(CO)OC(=O)C(=C)C. The standard InChI is InChI=1S/C21H28O10/c1-12(2)16(24)28-11-21(30-18(26)14(5)6,31-19(27)15(7)8)20(9-22,10-23)29-17(25)13(3)4/h22-23H,1,3,5,7,9-11H2,2,4,6,8H3. The number of carbonyl (C=O) groups is 4. The van der Waals surface area contributed by atoms with E-state index in [2.05, 4.69) is 26.3 Å². The predicted molar refractivity (Wildman–Crippen MR) is 108 cm³/mol. The lowest BCUT2D eigenvalue weighted by Gasteiger charge is -2.44. The van der Waals surface area contributed by atoms with Crippen molar-refractivity contribution >= 4 is 23.9 Å². The molecule has 0 aromatic rings. The zero-order chi connectivity index (χ0) is 24.6. The van der Waals surface area contributed by atoms with Gasteiger partial charge in [-0.3, -0.25) is 0 Å². The highest BCUT2D eigenvalue weighted by Gasteiger charge is 2.62. The van der Waals surface area contributed by atoms with Crippen LogP contribution in [-0.2, 0) is 38.1 Å². The first kappa shape index (κ1) is 27.8. The second kappa shape index (κ2) is 11.2. The van der Waals surface area contributed by atoms with Crippen LogP contribution >= 0.6 is 0 Å². The molecule has 0 rings (SSSR count). The molecular formula is C21H28O10. The Hall–Kier alpha value is -3.24. The Balaban J connectivity index is 6.84. The van der Waals surface area contributed by atoms with Gasteiger partial charge in [0.1, 0.15) is 0 Å². The molecule has 0 bridgehead atoms. The largest absolute Gasteiger partial charge is 0.454 e. The van der Waals surface area contributed by atoms with Gasteiger partial charge in [-0.25, -0.2) is 19.2 Å². The number of aliphatic hydroxyl groups is 2. The lowest BCUT2D eigenvalue weighted by Crippen LogP contribution is -2.68. The topological polar surface area (TPSA) is 146 Å². The zero-order valence-electron chi connectivity index (χ0n) is 18.1. The minimum Gasteiger partial charge on any atom is -0.454 e. The van der Waals surface area contributed by atoms with Crippen molar-refractivity contribution in [1.29, 1.82) is 0 Å². The van der Waals surface area contributed by atoms with Crippen LogP contribution < -0.4 is 0 Å². The van der Waals surface area contributed by atoms with E-state index in [1.54, 1.807) is 0 Å². The molecule has 0 unspecified atom stereocenters. The third-order valence-electron chi connectivity index (χ3n) is 3.80. The molecule has 0 aliphatic carbocycles. The Bertz CT molecular complexity index is 773. The normalized spacial score (nSPS) is 11.0. The van der Waals surface area contributed by atoms with E-state index in [4.69, 9.17) is 18.9 Å². The molecule has 0 aromatic heterocycles. The van der Waals surface area contributed by atoms with Crippen molar-refractivity contribution in [2.75, 3.05) is 19.8 Å².